The molecule has 0 aliphatic heterocycles. The molecule has 2 aromatic rings. The van der Waals surface area contributed by atoms with Gasteiger partial charge < -0.3 is 10.6 Å². The second kappa shape index (κ2) is 7.70. The van der Waals surface area contributed by atoms with Crippen LogP contribution in [0.4, 0.5) is 5.69 Å². The number of amides is 2. The Kier molecular flexibility index (Phi) is 5.39. The molecule has 4 nitrogen and oxygen atoms in total. The molecule has 0 atom stereocenters. The Morgan fingerprint density at radius 2 is 1.76 bits per heavy atom. The molecule has 0 spiro atoms. The summed E-state index contributed by atoms with van der Waals surface area (Å²) in [4.78, 5) is 24.9. The summed E-state index contributed by atoms with van der Waals surface area (Å²) in [6, 6.07) is 17.1. The molecule has 1 saturated carbocycles. The van der Waals surface area contributed by atoms with Crippen LogP contribution in [0.2, 0.25) is 5.02 Å². The van der Waals surface area contributed by atoms with E-state index in [1.807, 2.05) is 18.2 Å². The van der Waals surface area contributed by atoms with Gasteiger partial charge in [-0.2, -0.15) is 0 Å². The molecule has 2 N–H and O–H groups in total. The average Bonchev–Trinajstić information content (AvgIpc) is 3.41. The van der Waals surface area contributed by atoms with Gasteiger partial charge in [0.05, 0.1) is 0 Å². The van der Waals surface area contributed by atoms with Crippen LogP contribution in [0.3, 0.4) is 0 Å². The number of benzene rings is 2. The van der Waals surface area contributed by atoms with Crippen molar-refractivity contribution in [2.75, 3.05) is 11.9 Å². The van der Waals surface area contributed by atoms with Crippen molar-refractivity contribution >= 4 is 29.1 Å². The third-order valence-electron chi connectivity index (χ3n) is 4.47. The number of nitrogens with one attached hydrogen (secondary N) is 2. The summed E-state index contributed by atoms with van der Waals surface area (Å²) in [5.74, 6) is -0.435. The Morgan fingerprint density at radius 3 is 2.44 bits per heavy atom. The van der Waals surface area contributed by atoms with E-state index in [2.05, 4.69) is 22.8 Å². The van der Waals surface area contributed by atoms with Crippen LogP contribution in [0, 0.1) is 5.41 Å². The second-order valence-corrected chi connectivity index (χ2v) is 6.83. The Balaban J connectivity index is 1.48. The summed E-state index contributed by atoms with van der Waals surface area (Å²) < 4.78 is 0. The lowest BCUT2D eigenvalue weighted by Gasteiger charge is -2.15. The topological polar surface area (TPSA) is 58.2 Å². The minimum absolute atomic E-state index is 0.180. The lowest BCUT2D eigenvalue weighted by molar-refractivity contribution is -0.134. The standard InChI is InChI=1S/C20H21ClN2O2/c21-16-9-4-10-17(14-16)23-19(25)20(11-12-20)18(24)22-13-5-8-15-6-2-1-3-7-15/h1-4,6-7,9-10,14H,5,8,11-13H2,(H,22,24)(H,23,25). The molecule has 0 saturated heterocycles. The minimum Gasteiger partial charge on any atom is -0.355 e. The zero-order valence-electron chi connectivity index (χ0n) is 13.9. The van der Waals surface area contributed by atoms with Crippen molar-refractivity contribution in [1.29, 1.82) is 0 Å². The fraction of sp³-hybridized carbons (Fsp3) is 0.300. The molecule has 25 heavy (non-hydrogen) atoms. The van der Waals surface area contributed by atoms with Crippen molar-refractivity contribution < 1.29 is 9.59 Å². The summed E-state index contributed by atoms with van der Waals surface area (Å²) in [5.41, 5.74) is 0.937. The van der Waals surface area contributed by atoms with Crippen molar-refractivity contribution in [1.82, 2.24) is 5.32 Å². The van der Waals surface area contributed by atoms with Gasteiger partial charge in [0.1, 0.15) is 5.41 Å². The van der Waals surface area contributed by atoms with Gasteiger partial charge in [-0.25, -0.2) is 0 Å². The van der Waals surface area contributed by atoms with E-state index in [-0.39, 0.29) is 11.8 Å². The lowest BCUT2D eigenvalue weighted by Crippen LogP contribution is -2.40. The van der Waals surface area contributed by atoms with E-state index >= 15 is 0 Å². The highest BCUT2D eigenvalue weighted by molar-refractivity contribution is 6.31. The summed E-state index contributed by atoms with van der Waals surface area (Å²) in [7, 11) is 0. The highest BCUT2D eigenvalue weighted by Crippen LogP contribution is 2.46. The number of rotatable bonds is 7. The Hall–Kier alpha value is -2.33. The number of carbonyl (C=O) groups is 2. The van der Waals surface area contributed by atoms with Crippen molar-refractivity contribution in [3.63, 3.8) is 0 Å². The van der Waals surface area contributed by atoms with Crippen LogP contribution in [0.25, 0.3) is 0 Å². The fourth-order valence-corrected chi connectivity index (χ4v) is 3.00. The SMILES string of the molecule is O=C(NCCCc1ccccc1)C1(C(=O)Nc2cccc(Cl)c2)CC1. The van der Waals surface area contributed by atoms with E-state index in [4.69, 9.17) is 11.6 Å². The van der Waals surface area contributed by atoms with E-state index in [0.717, 1.165) is 12.8 Å². The van der Waals surface area contributed by atoms with Crippen molar-refractivity contribution in [3.8, 4) is 0 Å². The fourth-order valence-electron chi connectivity index (χ4n) is 2.81. The van der Waals surface area contributed by atoms with Gasteiger partial charge in [0.25, 0.3) is 0 Å². The quantitative estimate of drug-likeness (QED) is 0.585. The predicted molar refractivity (Wildman–Crippen MR) is 99.5 cm³/mol. The molecular formula is C20H21ClN2O2. The highest BCUT2D eigenvalue weighted by atomic mass is 35.5. The van der Waals surface area contributed by atoms with E-state index in [0.29, 0.717) is 30.1 Å². The number of halogens is 1. The predicted octanol–water partition coefficient (Wildman–Crippen LogP) is 3.81. The Bertz CT molecular complexity index is 757. The summed E-state index contributed by atoms with van der Waals surface area (Å²) >= 11 is 5.93. The van der Waals surface area contributed by atoms with Crippen LogP contribution in [0.15, 0.2) is 54.6 Å². The first-order valence-corrected chi connectivity index (χ1v) is 8.87. The first-order valence-electron chi connectivity index (χ1n) is 8.49. The van der Waals surface area contributed by atoms with Crippen molar-refractivity contribution in [2.24, 2.45) is 5.41 Å². The summed E-state index contributed by atoms with van der Waals surface area (Å²) in [6.45, 7) is 0.569. The van der Waals surface area contributed by atoms with Gasteiger partial charge in [-0.1, -0.05) is 48.0 Å². The third-order valence-corrected chi connectivity index (χ3v) is 4.71. The minimum atomic E-state index is -0.922. The van der Waals surface area contributed by atoms with Crippen LogP contribution in [0.1, 0.15) is 24.8 Å². The van der Waals surface area contributed by atoms with Crippen LogP contribution < -0.4 is 10.6 Å². The number of hydrogen-bond donors (Lipinski definition) is 2. The number of carbonyl (C=O) groups excluding carboxylic acids is 2. The van der Waals surface area contributed by atoms with Gasteiger partial charge in [-0.05, 0) is 49.4 Å². The summed E-state index contributed by atoms with van der Waals surface area (Å²) in [5, 5.41) is 6.26. The molecule has 0 bridgehead atoms. The Morgan fingerprint density at radius 1 is 1.00 bits per heavy atom. The molecule has 2 amide bonds. The van der Waals surface area contributed by atoms with Crippen LogP contribution >= 0.6 is 11.6 Å². The monoisotopic (exact) mass is 356 g/mol. The van der Waals surface area contributed by atoms with Crippen LogP contribution in [-0.2, 0) is 16.0 Å². The maximum absolute atomic E-state index is 12.5. The number of aryl methyl sites for hydroxylation is 1. The van der Waals surface area contributed by atoms with Gasteiger partial charge in [-0.15, -0.1) is 0 Å². The number of anilines is 1. The third kappa shape index (κ3) is 4.40. The van der Waals surface area contributed by atoms with E-state index in [1.54, 1.807) is 24.3 Å². The molecule has 1 aliphatic carbocycles. The first kappa shape index (κ1) is 17.5. The summed E-state index contributed by atoms with van der Waals surface area (Å²) in [6.07, 6.45) is 2.93. The molecule has 1 fully saturated rings. The van der Waals surface area contributed by atoms with Gasteiger partial charge in [0.15, 0.2) is 0 Å². The van der Waals surface area contributed by atoms with Gasteiger partial charge in [0.2, 0.25) is 11.8 Å². The second-order valence-electron chi connectivity index (χ2n) is 6.39. The average molecular weight is 357 g/mol. The van der Waals surface area contributed by atoms with Crippen molar-refractivity contribution in [2.45, 2.75) is 25.7 Å². The first-order chi connectivity index (χ1) is 12.1. The molecule has 2 aromatic carbocycles. The number of hydrogen-bond acceptors (Lipinski definition) is 2. The van der Waals surface area contributed by atoms with E-state index < -0.39 is 5.41 Å². The molecule has 0 radical (unpaired) electrons. The molecule has 1 aliphatic rings. The maximum Gasteiger partial charge on any atom is 0.240 e. The van der Waals surface area contributed by atoms with E-state index in [9.17, 15) is 9.59 Å². The van der Waals surface area contributed by atoms with E-state index in [1.165, 1.54) is 5.56 Å². The normalized spacial score (nSPS) is 14.6. The molecule has 0 unspecified atom stereocenters. The smallest absolute Gasteiger partial charge is 0.240 e. The lowest BCUT2D eigenvalue weighted by atomic mass is 10.0. The Labute approximate surface area is 152 Å². The molecule has 130 valence electrons. The van der Waals surface area contributed by atoms with Gasteiger partial charge in [0, 0.05) is 17.3 Å². The maximum atomic E-state index is 12.5. The van der Waals surface area contributed by atoms with Crippen LogP contribution in [-0.4, -0.2) is 18.4 Å². The molecular weight excluding hydrogens is 336 g/mol. The van der Waals surface area contributed by atoms with Gasteiger partial charge in [-0.3, -0.25) is 9.59 Å². The van der Waals surface area contributed by atoms with Gasteiger partial charge >= 0.3 is 0 Å². The zero-order valence-corrected chi connectivity index (χ0v) is 14.7. The highest BCUT2D eigenvalue weighted by Gasteiger charge is 2.56. The molecule has 3 rings (SSSR count). The molecule has 0 aromatic heterocycles. The zero-order chi connectivity index (χ0) is 17.7. The largest absolute Gasteiger partial charge is 0.355 e. The molecule has 0 heterocycles. The van der Waals surface area contributed by atoms with Crippen LogP contribution in [0.5, 0.6) is 0 Å². The molecule has 5 heteroatoms. The van der Waals surface area contributed by atoms with Crippen molar-refractivity contribution in [3.05, 3.63) is 65.2 Å².